The van der Waals surface area contributed by atoms with Crippen molar-refractivity contribution in [3.05, 3.63) is 70.8 Å². The molecule has 0 aliphatic heterocycles. The standard InChI is InChI=1S/C26H34N2/c1-6-11-12-24(28-26-17-22(9-4)14-23(10-5)18-26)19-27-25-15-20(7-2)13-21(8-3)16-25/h11-19H,6-10H2,1-5H3. The van der Waals surface area contributed by atoms with Crippen LogP contribution in [0.3, 0.4) is 0 Å². The summed E-state index contributed by atoms with van der Waals surface area (Å²) in [5, 5.41) is 0. The molecule has 0 aromatic heterocycles. The van der Waals surface area contributed by atoms with Gasteiger partial charge in [-0.25, -0.2) is 4.99 Å². The molecule has 0 saturated heterocycles. The first-order valence-electron chi connectivity index (χ1n) is 10.7. The number of allylic oxidation sites excluding steroid dienone is 2. The van der Waals surface area contributed by atoms with Gasteiger partial charge in [0.2, 0.25) is 0 Å². The van der Waals surface area contributed by atoms with Gasteiger partial charge in [-0.15, -0.1) is 0 Å². The van der Waals surface area contributed by atoms with Gasteiger partial charge < -0.3 is 0 Å². The third-order valence-corrected chi connectivity index (χ3v) is 4.84. The summed E-state index contributed by atoms with van der Waals surface area (Å²) in [6, 6.07) is 13.2. The molecule has 0 N–H and O–H groups in total. The second-order valence-corrected chi connectivity index (χ2v) is 7.04. The van der Waals surface area contributed by atoms with Crippen LogP contribution >= 0.6 is 0 Å². The second kappa shape index (κ2) is 11.4. The van der Waals surface area contributed by atoms with Crippen LogP contribution in [0.15, 0.2) is 58.5 Å². The van der Waals surface area contributed by atoms with Crippen LogP contribution in [-0.4, -0.2) is 11.9 Å². The minimum absolute atomic E-state index is 0.886. The maximum absolute atomic E-state index is 4.89. The molecule has 148 valence electrons. The van der Waals surface area contributed by atoms with Crippen molar-refractivity contribution >= 4 is 23.3 Å². The van der Waals surface area contributed by atoms with E-state index in [2.05, 4.69) is 83.2 Å². The number of benzene rings is 2. The van der Waals surface area contributed by atoms with Gasteiger partial charge in [0.05, 0.1) is 23.3 Å². The SMILES string of the molecule is CCC=CC(C=Nc1cc(CC)cc(CC)c1)=Nc1cc(CC)cc(CC)c1. The molecule has 0 saturated carbocycles. The van der Waals surface area contributed by atoms with Crippen molar-refractivity contribution in [2.75, 3.05) is 0 Å². The highest BCUT2D eigenvalue weighted by molar-refractivity contribution is 6.36. The van der Waals surface area contributed by atoms with Gasteiger partial charge in [0.1, 0.15) is 0 Å². The summed E-state index contributed by atoms with van der Waals surface area (Å²) in [4.78, 5) is 9.65. The molecule has 2 rings (SSSR count). The Labute approximate surface area is 171 Å². The summed E-state index contributed by atoms with van der Waals surface area (Å²) in [5.74, 6) is 0. The van der Waals surface area contributed by atoms with E-state index in [0.717, 1.165) is 49.2 Å². The van der Waals surface area contributed by atoms with E-state index < -0.39 is 0 Å². The lowest BCUT2D eigenvalue weighted by molar-refractivity contribution is 1.08. The lowest BCUT2D eigenvalue weighted by Crippen LogP contribution is -1.96. The summed E-state index contributed by atoms with van der Waals surface area (Å²) < 4.78 is 0. The molecule has 28 heavy (non-hydrogen) atoms. The summed E-state index contributed by atoms with van der Waals surface area (Å²) in [6.45, 7) is 10.9. The number of aryl methyl sites for hydroxylation is 4. The van der Waals surface area contributed by atoms with Crippen LogP contribution in [0.5, 0.6) is 0 Å². The zero-order chi connectivity index (χ0) is 20.4. The zero-order valence-electron chi connectivity index (χ0n) is 18.1. The average molecular weight is 375 g/mol. The molecular weight excluding hydrogens is 340 g/mol. The van der Waals surface area contributed by atoms with Gasteiger partial charge in [-0.05, 0) is 84.7 Å². The van der Waals surface area contributed by atoms with Crippen molar-refractivity contribution < 1.29 is 0 Å². The molecular formula is C26H34N2. The van der Waals surface area contributed by atoms with E-state index in [1.807, 2.05) is 6.21 Å². The molecule has 0 radical (unpaired) electrons. The van der Waals surface area contributed by atoms with Crippen molar-refractivity contribution in [1.29, 1.82) is 0 Å². The van der Waals surface area contributed by atoms with Crippen LogP contribution in [0.25, 0.3) is 0 Å². The normalized spacial score (nSPS) is 12.4. The highest BCUT2D eigenvalue weighted by Crippen LogP contribution is 2.21. The van der Waals surface area contributed by atoms with Gasteiger partial charge in [-0.3, -0.25) is 4.99 Å². The van der Waals surface area contributed by atoms with E-state index in [0.29, 0.717) is 0 Å². The molecule has 2 aromatic carbocycles. The quantitative estimate of drug-likeness (QED) is 0.409. The minimum atomic E-state index is 0.886. The molecule has 2 heteroatoms. The Bertz CT molecular complexity index is 812. The van der Waals surface area contributed by atoms with Gasteiger partial charge in [-0.1, -0.05) is 52.8 Å². The lowest BCUT2D eigenvalue weighted by atomic mass is 10.1. The van der Waals surface area contributed by atoms with Crippen LogP contribution < -0.4 is 0 Å². The molecule has 0 atom stereocenters. The molecule has 0 spiro atoms. The smallest absolute Gasteiger partial charge is 0.0816 e. The summed E-state index contributed by atoms with van der Waals surface area (Å²) >= 11 is 0. The van der Waals surface area contributed by atoms with E-state index >= 15 is 0 Å². The fourth-order valence-electron chi connectivity index (χ4n) is 3.08. The fraction of sp³-hybridized carbons (Fsp3) is 0.385. The lowest BCUT2D eigenvalue weighted by Gasteiger charge is -2.06. The Morgan fingerprint density at radius 1 is 0.679 bits per heavy atom. The van der Waals surface area contributed by atoms with E-state index in [1.54, 1.807) is 0 Å². The maximum Gasteiger partial charge on any atom is 0.0816 e. The monoisotopic (exact) mass is 374 g/mol. The Morgan fingerprint density at radius 3 is 1.57 bits per heavy atom. The van der Waals surface area contributed by atoms with Crippen molar-refractivity contribution in [2.45, 2.75) is 66.7 Å². The number of rotatable bonds is 9. The van der Waals surface area contributed by atoms with E-state index in [-0.39, 0.29) is 0 Å². The molecule has 0 amide bonds. The summed E-state index contributed by atoms with van der Waals surface area (Å²) in [7, 11) is 0. The number of aliphatic imine (C=N–C) groups is 2. The predicted molar refractivity (Wildman–Crippen MR) is 125 cm³/mol. The highest BCUT2D eigenvalue weighted by Gasteiger charge is 2.01. The van der Waals surface area contributed by atoms with Crippen molar-refractivity contribution in [2.24, 2.45) is 9.98 Å². The van der Waals surface area contributed by atoms with Gasteiger partial charge in [0, 0.05) is 0 Å². The van der Waals surface area contributed by atoms with Crippen molar-refractivity contribution in [3.63, 3.8) is 0 Å². The van der Waals surface area contributed by atoms with Gasteiger partial charge in [-0.2, -0.15) is 0 Å². The minimum Gasteiger partial charge on any atom is -0.255 e. The molecule has 2 aromatic rings. The zero-order valence-corrected chi connectivity index (χ0v) is 18.1. The van der Waals surface area contributed by atoms with E-state index in [9.17, 15) is 0 Å². The highest BCUT2D eigenvalue weighted by atomic mass is 14.8. The van der Waals surface area contributed by atoms with E-state index in [4.69, 9.17) is 9.98 Å². The summed E-state index contributed by atoms with van der Waals surface area (Å²) in [6.07, 6.45) is 11.2. The average Bonchev–Trinajstić information content (AvgIpc) is 2.74. The Morgan fingerprint density at radius 2 is 1.14 bits per heavy atom. The molecule has 0 heterocycles. The molecule has 0 bridgehead atoms. The van der Waals surface area contributed by atoms with Crippen LogP contribution in [0.4, 0.5) is 11.4 Å². The predicted octanol–water partition coefficient (Wildman–Crippen LogP) is 7.38. The van der Waals surface area contributed by atoms with Crippen LogP contribution in [-0.2, 0) is 25.7 Å². The Hall–Kier alpha value is -2.48. The summed E-state index contributed by atoms with van der Waals surface area (Å²) in [5.41, 5.74) is 8.22. The molecule has 0 unspecified atom stereocenters. The number of hydrogen-bond donors (Lipinski definition) is 0. The second-order valence-electron chi connectivity index (χ2n) is 7.04. The Kier molecular flexibility index (Phi) is 8.87. The van der Waals surface area contributed by atoms with Crippen LogP contribution in [0, 0.1) is 0 Å². The molecule has 0 aliphatic carbocycles. The van der Waals surface area contributed by atoms with Crippen LogP contribution in [0.1, 0.15) is 63.3 Å². The van der Waals surface area contributed by atoms with Crippen LogP contribution in [0.2, 0.25) is 0 Å². The molecule has 2 nitrogen and oxygen atoms in total. The number of nitrogens with zero attached hydrogens (tertiary/aromatic N) is 2. The van der Waals surface area contributed by atoms with Gasteiger partial charge in [0.25, 0.3) is 0 Å². The molecule has 0 aliphatic rings. The topological polar surface area (TPSA) is 24.7 Å². The fourth-order valence-corrected chi connectivity index (χ4v) is 3.08. The van der Waals surface area contributed by atoms with Crippen molar-refractivity contribution in [3.8, 4) is 0 Å². The largest absolute Gasteiger partial charge is 0.255 e. The number of hydrogen-bond acceptors (Lipinski definition) is 2. The first kappa shape index (κ1) is 21.8. The van der Waals surface area contributed by atoms with E-state index in [1.165, 1.54) is 22.3 Å². The first-order valence-corrected chi connectivity index (χ1v) is 10.7. The molecule has 0 fully saturated rings. The van der Waals surface area contributed by atoms with Crippen molar-refractivity contribution in [1.82, 2.24) is 0 Å². The van der Waals surface area contributed by atoms with Gasteiger partial charge >= 0.3 is 0 Å². The third kappa shape index (κ3) is 6.60. The van der Waals surface area contributed by atoms with Gasteiger partial charge in [0.15, 0.2) is 0 Å². The third-order valence-electron chi connectivity index (χ3n) is 4.84. The maximum atomic E-state index is 4.89. The first-order chi connectivity index (χ1) is 13.6. The Balaban J connectivity index is 2.40.